The van der Waals surface area contributed by atoms with E-state index in [0.717, 1.165) is 18.7 Å². The Morgan fingerprint density at radius 2 is 2.04 bits per heavy atom. The molecule has 0 radical (unpaired) electrons. The van der Waals surface area contributed by atoms with E-state index in [9.17, 15) is 9.59 Å². The summed E-state index contributed by atoms with van der Waals surface area (Å²) in [5.74, 6) is 1.02. The summed E-state index contributed by atoms with van der Waals surface area (Å²) in [6.45, 7) is 5.39. The lowest BCUT2D eigenvalue weighted by Gasteiger charge is -2.38. The van der Waals surface area contributed by atoms with Gasteiger partial charge in [0.25, 0.3) is 5.91 Å². The van der Waals surface area contributed by atoms with E-state index in [1.165, 1.54) is 12.8 Å². The third-order valence-electron chi connectivity index (χ3n) is 5.21. The van der Waals surface area contributed by atoms with Crippen LogP contribution in [0.25, 0.3) is 0 Å². The van der Waals surface area contributed by atoms with Crippen molar-refractivity contribution in [1.29, 1.82) is 0 Å². The molecule has 1 fully saturated rings. The maximum absolute atomic E-state index is 12.8. The Kier molecular flexibility index (Phi) is 4.89. The number of hydrogen-bond donors (Lipinski definition) is 2. The van der Waals surface area contributed by atoms with Crippen molar-refractivity contribution in [2.24, 2.45) is 11.8 Å². The van der Waals surface area contributed by atoms with Crippen molar-refractivity contribution < 1.29 is 14.8 Å². The lowest BCUT2D eigenvalue weighted by atomic mass is 9.97. The summed E-state index contributed by atoms with van der Waals surface area (Å²) in [4.78, 5) is 30.8. The number of hydrogen-bond acceptors (Lipinski definition) is 4. The van der Waals surface area contributed by atoms with Gasteiger partial charge in [0.2, 0.25) is 5.91 Å². The fourth-order valence-electron chi connectivity index (χ4n) is 4.02. The Balaban J connectivity index is 1.82. The maximum atomic E-state index is 12.8. The van der Waals surface area contributed by atoms with Crippen molar-refractivity contribution in [3.8, 4) is 0 Å². The van der Waals surface area contributed by atoms with Gasteiger partial charge in [-0.05, 0) is 24.7 Å². The first-order valence-electron chi connectivity index (χ1n) is 8.82. The molecule has 132 valence electrons. The number of carbonyl (C=O) groups is 2. The molecule has 1 aliphatic carbocycles. The SMILES string of the molecule is CC(C)C1c2nc(C(=O)NO)cn2CCN1C(=O)CC1CCCC1. The molecule has 2 amide bonds. The van der Waals surface area contributed by atoms with Crippen molar-refractivity contribution in [1.82, 2.24) is 19.9 Å². The highest BCUT2D eigenvalue weighted by Crippen LogP contribution is 2.34. The van der Waals surface area contributed by atoms with Gasteiger partial charge >= 0.3 is 0 Å². The van der Waals surface area contributed by atoms with Crippen LogP contribution in [-0.2, 0) is 11.3 Å². The average molecular weight is 334 g/mol. The third-order valence-corrected chi connectivity index (χ3v) is 5.21. The third kappa shape index (κ3) is 3.17. The second-order valence-electron chi connectivity index (χ2n) is 7.25. The summed E-state index contributed by atoms with van der Waals surface area (Å²) in [6.07, 6.45) is 7.04. The standard InChI is InChI=1S/C17H26N4O3/c1-11(2)15-16-18-13(17(23)19-24)10-20(16)7-8-21(15)14(22)9-12-5-3-4-6-12/h10-12,15,24H,3-9H2,1-2H3,(H,19,23). The van der Waals surface area contributed by atoms with Crippen LogP contribution < -0.4 is 5.48 Å². The minimum Gasteiger partial charge on any atom is -0.331 e. The Morgan fingerprint density at radius 3 is 2.67 bits per heavy atom. The first kappa shape index (κ1) is 17.0. The summed E-state index contributed by atoms with van der Waals surface area (Å²) in [6, 6.07) is -0.132. The van der Waals surface area contributed by atoms with Crippen LogP contribution in [0.15, 0.2) is 6.20 Å². The number of nitrogens with zero attached hydrogens (tertiary/aromatic N) is 3. The van der Waals surface area contributed by atoms with Crippen LogP contribution in [0.2, 0.25) is 0 Å². The van der Waals surface area contributed by atoms with Crippen LogP contribution in [0.3, 0.4) is 0 Å². The van der Waals surface area contributed by atoms with Gasteiger partial charge in [-0.3, -0.25) is 14.8 Å². The van der Waals surface area contributed by atoms with Gasteiger partial charge in [0.1, 0.15) is 11.5 Å². The lowest BCUT2D eigenvalue weighted by molar-refractivity contribution is -0.137. The zero-order valence-corrected chi connectivity index (χ0v) is 14.4. The predicted octanol–water partition coefficient (Wildman–Crippen LogP) is 2.12. The summed E-state index contributed by atoms with van der Waals surface area (Å²) in [5, 5.41) is 8.81. The molecule has 0 saturated heterocycles. The van der Waals surface area contributed by atoms with Gasteiger partial charge in [0, 0.05) is 25.7 Å². The number of nitrogens with one attached hydrogen (secondary N) is 1. The van der Waals surface area contributed by atoms with Crippen LogP contribution >= 0.6 is 0 Å². The molecule has 3 rings (SSSR count). The van der Waals surface area contributed by atoms with E-state index in [1.54, 1.807) is 11.7 Å². The van der Waals surface area contributed by atoms with E-state index < -0.39 is 5.91 Å². The van der Waals surface area contributed by atoms with Crippen LogP contribution in [-0.4, -0.2) is 38.0 Å². The molecule has 24 heavy (non-hydrogen) atoms. The number of carbonyl (C=O) groups excluding carboxylic acids is 2. The molecule has 1 aromatic rings. The van der Waals surface area contributed by atoms with E-state index in [-0.39, 0.29) is 23.6 Å². The Bertz CT molecular complexity index is 619. The van der Waals surface area contributed by atoms with Gasteiger partial charge in [-0.15, -0.1) is 0 Å². The Labute approximate surface area is 142 Å². The van der Waals surface area contributed by atoms with Crippen molar-refractivity contribution in [2.75, 3.05) is 6.54 Å². The first-order chi connectivity index (χ1) is 11.5. The second kappa shape index (κ2) is 6.93. The number of aromatic nitrogens is 2. The molecule has 2 aliphatic rings. The molecule has 7 nitrogen and oxygen atoms in total. The zero-order chi connectivity index (χ0) is 17.3. The van der Waals surface area contributed by atoms with E-state index >= 15 is 0 Å². The topological polar surface area (TPSA) is 87.5 Å². The number of hydroxylamine groups is 1. The zero-order valence-electron chi connectivity index (χ0n) is 14.4. The van der Waals surface area contributed by atoms with Gasteiger partial charge < -0.3 is 9.47 Å². The smallest absolute Gasteiger partial charge is 0.294 e. The number of amides is 2. The van der Waals surface area contributed by atoms with Gasteiger partial charge in [0.15, 0.2) is 0 Å². The van der Waals surface area contributed by atoms with Crippen LogP contribution in [0, 0.1) is 11.8 Å². The fraction of sp³-hybridized carbons (Fsp3) is 0.706. The largest absolute Gasteiger partial charge is 0.331 e. The van der Waals surface area contributed by atoms with Crippen molar-refractivity contribution >= 4 is 11.8 Å². The highest BCUT2D eigenvalue weighted by atomic mass is 16.5. The molecule has 7 heteroatoms. The molecule has 0 aromatic carbocycles. The maximum Gasteiger partial charge on any atom is 0.294 e. The first-order valence-corrected chi connectivity index (χ1v) is 8.82. The molecule has 1 unspecified atom stereocenters. The summed E-state index contributed by atoms with van der Waals surface area (Å²) in [5.41, 5.74) is 1.80. The molecular formula is C17H26N4O3. The second-order valence-corrected chi connectivity index (χ2v) is 7.25. The molecule has 1 atom stereocenters. The molecule has 0 spiro atoms. The molecule has 1 aromatic heterocycles. The van der Waals surface area contributed by atoms with Gasteiger partial charge in [-0.1, -0.05) is 26.7 Å². The van der Waals surface area contributed by atoms with Gasteiger partial charge in [-0.2, -0.15) is 0 Å². The lowest BCUT2D eigenvalue weighted by Crippen LogP contribution is -2.44. The summed E-state index contributed by atoms with van der Waals surface area (Å²) < 4.78 is 1.93. The predicted molar refractivity (Wildman–Crippen MR) is 87.3 cm³/mol. The van der Waals surface area contributed by atoms with Crippen molar-refractivity contribution in [3.05, 3.63) is 17.7 Å². The molecular weight excluding hydrogens is 308 g/mol. The highest BCUT2D eigenvalue weighted by Gasteiger charge is 2.36. The van der Waals surface area contributed by atoms with Crippen LogP contribution in [0.5, 0.6) is 0 Å². The molecule has 1 aliphatic heterocycles. The number of imidazole rings is 1. The normalized spacial score (nSPS) is 21.2. The van der Waals surface area contributed by atoms with E-state index in [0.29, 0.717) is 25.4 Å². The summed E-state index contributed by atoms with van der Waals surface area (Å²) in [7, 11) is 0. The van der Waals surface area contributed by atoms with Gasteiger partial charge in [-0.25, -0.2) is 10.5 Å². The molecule has 2 N–H and O–H groups in total. The van der Waals surface area contributed by atoms with Crippen molar-refractivity contribution in [3.63, 3.8) is 0 Å². The van der Waals surface area contributed by atoms with E-state index in [1.807, 2.05) is 9.47 Å². The molecule has 2 heterocycles. The Morgan fingerprint density at radius 1 is 1.33 bits per heavy atom. The van der Waals surface area contributed by atoms with E-state index in [4.69, 9.17) is 5.21 Å². The number of fused-ring (bicyclic) bond motifs is 1. The molecule has 0 bridgehead atoms. The summed E-state index contributed by atoms with van der Waals surface area (Å²) >= 11 is 0. The average Bonchev–Trinajstić information content (AvgIpc) is 3.21. The fourth-order valence-corrected chi connectivity index (χ4v) is 4.02. The molecule has 1 saturated carbocycles. The minimum absolute atomic E-state index is 0.132. The highest BCUT2D eigenvalue weighted by molar-refractivity contribution is 5.91. The van der Waals surface area contributed by atoms with Gasteiger partial charge in [0.05, 0.1) is 6.04 Å². The quantitative estimate of drug-likeness (QED) is 0.652. The van der Waals surface area contributed by atoms with E-state index in [2.05, 4.69) is 18.8 Å². The van der Waals surface area contributed by atoms with Crippen molar-refractivity contribution in [2.45, 2.75) is 58.5 Å². The monoisotopic (exact) mass is 334 g/mol. The Hall–Kier alpha value is -1.89. The minimum atomic E-state index is -0.622. The van der Waals surface area contributed by atoms with Crippen LogP contribution in [0.1, 0.15) is 68.3 Å². The number of rotatable bonds is 4. The van der Waals surface area contributed by atoms with Crippen LogP contribution in [0.4, 0.5) is 0 Å².